The van der Waals surface area contributed by atoms with Gasteiger partial charge in [0.25, 0.3) is 0 Å². The summed E-state index contributed by atoms with van der Waals surface area (Å²) in [5.74, 6) is 0. The third-order valence-electron chi connectivity index (χ3n) is 0. The molecule has 0 atom stereocenters. The summed E-state index contributed by atoms with van der Waals surface area (Å²) >= 11 is 0. The average molecular weight is 162 g/mol. The van der Waals surface area contributed by atoms with E-state index in [0.717, 1.165) is 0 Å². The van der Waals surface area contributed by atoms with Crippen molar-refractivity contribution in [2.75, 3.05) is 0 Å². The van der Waals surface area contributed by atoms with Crippen molar-refractivity contribution in [3.05, 3.63) is 0 Å². The fraction of sp³-hybridized carbons (Fsp3) is 0. The second-order valence-corrected chi connectivity index (χ2v) is 1.41. The van der Waals surface area contributed by atoms with Gasteiger partial charge in [-0.05, 0) is 0 Å². The summed E-state index contributed by atoms with van der Waals surface area (Å²) in [7, 11) is -5.14. The average Bonchev–Trinajstić information content (AvgIpc) is 0.722. The van der Waals surface area contributed by atoms with E-state index in [9.17, 15) is 0 Å². The second-order valence-electron chi connectivity index (χ2n) is 0.469. The predicted octanol–water partition coefficient (Wildman–Crippen LogP) is -6.55. The Balaban J connectivity index is -0.0000000133. The molecule has 3 N–H and O–H groups in total. The Labute approximate surface area is 92.1 Å². The number of hydrogen-bond acceptors (Lipinski definition) is 3. The zero-order chi connectivity index (χ0) is 4.50. The first kappa shape index (κ1) is 22.5. The molecule has 0 unspecified atom stereocenters. The molecule has 8 heteroatoms. The molecule has 0 heterocycles. The fourth-order valence-electron chi connectivity index (χ4n) is 0. The molecular formula is H5Na2O5P. The number of phosphoric acid groups is 1. The molecule has 0 radical (unpaired) electrons. The van der Waals surface area contributed by atoms with Gasteiger partial charge in [0.05, 0.1) is 7.82 Å². The van der Waals surface area contributed by atoms with Crippen LogP contribution in [-0.4, -0.2) is 39.9 Å². The van der Waals surface area contributed by atoms with Crippen molar-refractivity contribution >= 4 is 37.4 Å². The molecule has 0 aliphatic carbocycles. The Bertz CT molecular complexity index is 61.1. The Hall–Kier alpha value is 2.07. The van der Waals surface area contributed by atoms with Crippen LogP contribution in [0.5, 0.6) is 0 Å². The SMILES string of the molecule is O.O=P([O-])([O-])O.[H+].[Na+].[NaH]. The van der Waals surface area contributed by atoms with Gasteiger partial charge in [0.1, 0.15) is 0 Å². The zero-order valence-electron chi connectivity index (χ0n) is 4.62. The molecule has 0 rings (SSSR count). The van der Waals surface area contributed by atoms with Gasteiger partial charge < -0.3 is 24.7 Å². The van der Waals surface area contributed by atoms with E-state index in [1.165, 1.54) is 0 Å². The quantitative estimate of drug-likeness (QED) is 0.281. The third kappa shape index (κ3) is 94.1. The summed E-state index contributed by atoms with van der Waals surface area (Å²) in [6.45, 7) is 0. The van der Waals surface area contributed by atoms with Crippen LogP contribution in [0.25, 0.3) is 0 Å². The summed E-state index contributed by atoms with van der Waals surface area (Å²) in [4.78, 5) is 24.3. The van der Waals surface area contributed by atoms with E-state index in [4.69, 9.17) is 19.2 Å². The third-order valence-corrected chi connectivity index (χ3v) is 0. The van der Waals surface area contributed by atoms with Gasteiger partial charge in [0.2, 0.25) is 0 Å². The molecule has 0 aliphatic heterocycles. The Morgan fingerprint density at radius 1 is 1.50 bits per heavy atom. The molecule has 0 aromatic heterocycles. The van der Waals surface area contributed by atoms with E-state index >= 15 is 0 Å². The monoisotopic (exact) mass is 162 g/mol. The van der Waals surface area contributed by atoms with Crippen molar-refractivity contribution in [1.29, 1.82) is 0 Å². The molecule has 0 aromatic rings. The molecule has 0 aromatic carbocycles. The topological polar surface area (TPSA) is 115 Å². The number of rotatable bonds is 0. The summed E-state index contributed by atoms with van der Waals surface area (Å²) in [5, 5.41) is 0. The van der Waals surface area contributed by atoms with Crippen LogP contribution in [0.15, 0.2) is 0 Å². The first-order chi connectivity index (χ1) is 2.00. The van der Waals surface area contributed by atoms with Crippen LogP contribution >= 0.6 is 7.82 Å². The Morgan fingerprint density at radius 2 is 1.50 bits per heavy atom. The molecule has 0 spiro atoms. The minimum atomic E-state index is -5.14. The van der Waals surface area contributed by atoms with Gasteiger partial charge in [-0.3, -0.25) is 0 Å². The second kappa shape index (κ2) is 9.07. The van der Waals surface area contributed by atoms with Gasteiger partial charge in [-0.15, -0.1) is 0 Å². The van der Waals surface area contributed by atoms with Crippen LogP contribution in [-0.2, 0) is 4.57 Å². The van der Waals surface area contributed by atoms with E-state index < -0.39 is 7.82 Å². The van der Waals surface area contributed by atoms with Crippen molar-refractivity contribution in [2.24, 2.45) is 0 Å². The van der Waals surface area contributed by atoms with Gasteiger partial charge in [0.15, 0.2) is 0 Å². The summed E-state index contributed by atoms with van der Waals surface area (Å²) in [5.41, 5.74) is 0. The molecular weight excluding hydrogens is 157 g/mol. The Morgan fingerprint density at radius 3 is 1.50 bits per heavy atom. The molecule has 0 fully saturated rings. The van der Waals surface area contributed by atoms with Gasteiger partial charge in [-0.25, -0.2) is 0 Å². The molecule has 0 bridgehead atoms. The zero-order valence-corrected chi connectivity index (χ0v) is 6.51. The van der Waals surface area contributed by atoms with E-state index in [0.29, 0.717) is 0 Å². The van der Waals surface area contributed by atoms with Crippen LogP contribution in [0, 0.1) is 0 Å². The molecule has 0 aliphatic rings. The van der Waals surface area contributed by atoms with E-state index in [1.807, 2.05) is 0 Å². The van der Waals surface area contributed by atoms with Crippen molar-refractivity contribution < 1.29 is 55.7 Å². The van der Waals surface area contributed by atoms with E-state index in [-0.39, 0.29) is 66.0 Å². The molecule has 42 valence electrons. The first-order valence-electron chi connectivity index (χ1n) is 0.748. The van der Waals surface area contributed by atoms with Crippen LogP contribution in [0.4, 0.5) is 0 Å². The Kier molecular flexibility index (Phi) is 25.5. The van der Waals surface area contributed by atoms with Gasteiger partial charge >= 0.3 is 60.5 Å². The first-order valence-corrected chi connectivity index (χ1v) is 2.24. The predicted molar refractivity (Wildman–Crippen MR) is 21.7 cm³/mol. The standard InChI is InChI=1S/2Na.H3O4P.H2O.H/c;;1-5(2,3)4;;/h;;(H3,1,2,3,4);1H2;/q;+1;;;/p-1. The van der Waals surface area contributed by atoms with Gasteiger partial charge in [0, 0.05) is 0 Å². The molecule has 0 saturated heterocycles. The van der Waals surface area contributed by atoms with Crippen LogP contribution in [0.1, 0.15) is 1.43 Å². The van der Waals surface area contributed by atoms with E-state index in [1.54, 1.807) is 0 Å². The minimum absolute atomic E-state index is 0. The number of hydrogen-bond donors (Lipinski definition) is 1. The fourth-order valence-corrected chi connectivity index (χ4v) is 0. The van der Waals surface area contributed by atoms with Crippen molar-refractivity contribution in [3.63, 3.8) is 0 Å². The van der Waals surface area contributed by atoms with Gasteiger partial charge in [-0.1, -0.05) is 0 Å². The molecule has 5 nitrogen and oxygen atoms in total. The van der Waals surface area contributed by atoms with Crippen LogP contribution < -0.4 is 39.3 Å². The van der Waals surface area contributed by atoms with E-state index in [2.05, 4.69) is 0 Å². The van der Waals surface area contributed by atoms with Crippen molar-refractivity contribution in [2.45, 2.75) is 0 Å². The maximum atomic E-state index is 8.66. The molecule has 8 heavy (non-hydrogen) atoms. The van der Waals surface area contributed by atoms with Crippen molar-refractivity contribution in [1.82, 2.24) is 0 Å². The summed E-state index contributed by atoms with van der Waals surface area (Å²) in [6, 6.07) is 0. The van der Waals surface area contributed by atoms with Crippen LogP contribution in [0.3, 0.4) is 0 Å². The normalized spacial score (nSPS) is 7.38. The maximum absolute atomic E-state index is 8.66. The molecule has 0 amide bonds. The van der Waals surface area contributed by atoms with Crippen molar-refractivity contribution in [3.8, 4) is 0 Å². The summed E-state index contributed by atoms with van der Waals surface area (Å²) < 4.78 is 8.66. The van der Waals surface area contributed by atoms with Crippen LogP contribution in [0.2, 0.25) is 0 Å². The summed E-state index contributed by atoms with van der Waals surface area (Å²) in [6.07, 6.45) is 0. The molecule has 0 saturated carbocycles. The van der Waals surface area contributed by atoms with Gasteiger partial charge in [-0.2, -0.15) is 0 Å².